The van der Waals surface area contributed by atoms with Crippen molar-refractivity contribution >= 4 is 23.0 Å². The Balaban J connectivity index is 1.04. The average Bonchev–Trinajstić information content (AvgIpc) is 3.50. The predicted octanol–water partition coefficient (Wildman–Crippen LogP) is 4.21. The fourth-order valence-electron chi connectivity index (χ4n) is 6.51. The van der Waals surface area contributed by atoms with Gasteiger partial charge in [-0.25, -0.2) is 9.78 Å². The number of benzene rings is 1. The second-order valence-corrected chi connectivity index (χ2v) is 13.2. The zero-order valence-corrected chi connectivity index (χ0v) is 29.6. The molecule has 0 atom stereocenters. The van der Waals surface area contributed by atoms with Crippen LogP contribution < -0.4 is 5.32 Å². The van der Waals surface area contributed by atoms with E-state index in [1.165, 1.54) is 5.56 Å². The third-order valence-corrected chi connectivity index (χ3v) is 9.35. The number of piperazine rings is 1. The van der Waals surface area contributed by atoms with E-state index in [1.54, 1.807) is 6.20 Å². The molecule has 0 spiro atoms. The van der Waals surface area contributed by atoms with Gasteiger partial charge in [0.15, 0.2) is 0 Å². The molecule has 52 heavy (non-hydrogen) atoms. The number of hydrogen-bond acceptors (Lipinski definition) is 11. The van der Waals surface area contributed by atoms with Crippen molar-refractivity contribution in [1.82, 2.24) is 24.3 Å². The topological polar surface area (TPSA) is 144 Å². The Kier molecular flexibility index (Phi) is 15.5. The van der Waals surface area contributed by atoms with Crippen molar-refractivity contribution in [2.45, 2.75) is 57.0 Å². The number of alkyl halides is 3. The van der Waals surface area contributed by atoms with E-state index in [4.69, 9.17) is 24.1 Å². The average molecular weight is 737 g/mol. The highest BCUT2D eigenvalue weighted by Crippen LogP contribution is 2.37. The Morgan fingerprint density at radius 2 is 1.48 bits per heavy atom. The van der Waals surface area contributed by atoms with Gasteiger partial charge in [-0.1, -0.05) is 24.3 Å². The van der Waals surface area contributed by atoms with Gasteiger partial charge in [0.05, 0.1) is 58.8 Å². The first kappa shape index (κ1) is 39.8. The highest BCUT2D eigenvalue weighted by Gasteiger charge is 2.27. The van der Waals surface area contributed by atoms with Gasteiger partial charge >= 0.3 is 12.1 Å². The van der Waals surface area contributed by atoms with Crippen LogP contribution in [0, 0.1) is 0 Å². The smallest absolute Gasteiger partial charge is 0.390 e. The Bertz CT molecular complexity index is 1510. The van der Waals surface area contributed by atoms with E-state index in [1.807, 2.05) is 0 Å². The molecule has 0 radical (unpaired) electrons. The molecular weight excluding hydrogens is 685 g/mol. The van der Waals surface area contributed by atoms with Crippen LogP contribution in [0.2, 0.25) is 0 Å². The molecule has 2 fully saturated rings. The number of carboxylic acids is 1. The summed E-state index contributed by atoms with van der Waals surface area (Å²) in [5, 5.41) is 22.1. The maximum Gasteiger partial charge on any atom is 0.390 e. The van der Waals surface area contributed by atoms with E-state index in [-0.39, 0.29) is 37.9 Å². The van der Waals surface area contributed by atoms with Crippen molar-refractivity contribution in [3.8, 4) is 11.1 Å². The molecule has 288 valence electrons. The van der Waals surface area contributed by atoms with E-state index < -0.39 is 18.6 Å². The highest BCUT2D eigenvalue weighted by molar-refractivity contribution is 5.94. The monoisotopic (exact) mass is 736 g/mol. The Labute approximate surface area is 302 Å². The third-order valence-electron chi connectivity index (χ3n) is 9.35. The minimum absolute atomic E-state index is 0.138. The fourth-order valence-corrected chi connectivity index (χ4v) is 6.51. The fraction of sp³-hybridized carbons (Fsp3) is 0.639. The van der Waals surface area contributed by atoms with Crippen LogP contribution in [0.5, 0.6) is 0 Å². The molecule has 3 N–H and O–H groups in total. The highest BCUT2D eigenvalue weighted by atomic mass is 19.4. The summed E-state index contributed by atoms with van der Waals surface area (Å²) in [4.78, 5) is 24.2. The molecule has 13 nitrogen and oxygen atoms in total. The lowest BCUT2D eigenvalue weighted by molar-refractivity contribution is -0.142. The maximum atomic E-state index is 12.7. The van der Waals surface area contributed by atoms with Crippen molar-refractivity contribution in [2.24, 2.45) is 0 Å². The van der Waals surface area contributed by atoms with Gasteiger partial charge in [-0.05, 0) is 36.8 Å². The Morgan fingerprint density at radius 3 is 2.12 bits per heavy atom. The van der Waals surface area contributed by atoms with Crippen molar-refractivity contribution < 1.29 is 47.1 Å². The molecule has 1 aromatic carbocycles. The number of nitrogens with zero attached hydrogens (tertiary/aromatic N) is 5. The summed E-state index contributed by atoms with van der Waals surface area (Å²) in [6.45, 7) is 8.03. The zero-order chi connectivity index (χ0) is 36.8. The van der Waals surface area contributed by atoms with Crippen molar-refractivity contribution in [1.29, 1.82) is 0 Å². The summed E-state index contributed by atoms with van der Waals surface area (Å²) in [5.41, 5.74) is 3.90. The molecule has 0 amide bonds. The number of aliphatic hydroxyl groups excluding tert-OH is 1. The van der Waals surface area contributed by atoms with Gasteiger partial charge < -0.3 is 39.0 Å². The molecule has 2 aliphatic rings. The van der Waals surface area contributed by atoms with E-state index in [0.717, 1.165) is 68.6 Å². The van der Waals surface area contributed by atoms with Crippen LogP contribution in [-0.2, 0) is 30.3 Å². The van der Waals surface area contributed by atoms with Crippen molar-refractivity contribution in [2.75, 3.05) is 97.4 Å². The van der Waals surface area contributed by atoms with Crippen LogP contribution in [0.15, 0.2) is 36.7 Å². The van der Waals surface area contributed by atoms with Gasteiger partial charge in [0.2, 0.25) is 5.95 Å². The first-order valence-electron chi connectivity index (χ1n) is 18.1. The SMILES string of the molecule is O=C(O)COCCOCCOCCOCCN1CCN(Cc2ccc(-c3cn([C@H]4CC[C@H](O)CC4)c4nc(NCCC(F)(F)F)ncc34)cc2)CC1. The first-order chi connectivity index (χ1) is 25.1. The predicted molar refractivity (Wildman–Crippen MR) is 188 cm³/mol. The number of carbonyl (C=O) groups is 1. The second-order valence-electron chi connectivity index (χ2n) is 13.2. The standard InChI is InChI=1S/C36H51F3N6O7/c37-36(38,39)9-10-40-35-41-23-31-32(25-45(34(31)42-35)29-5-7-30(46)8-6-29)28-3-1-27(2-4-28)24-44-13-11-43(12-14-44)15-16-49-17-18-50-19-20-51-21-22-52-26-33(47)48/h1-4,23,25,29-30,46H,5-22,24,26H2,(H,47,48)(H,40,41,42)/t29-,30-. The number of aliphatic hydroxyl groups is 1. The minimum atomic E-state index is -4.26. The maximum absolute atomic E-state index is 12.7. The molecule has 1 saturated heterocycles. The molecule has 1 aliphatic carbocycles. The molecule has 0 bridgehead atoms. The number of fused-ring (bicyclic) bond motifs is 1. The number of hydrogen-bond donors (Lipinski definition) is 3. The van der Waals surface area contributed by atoms with Crippen molar-refractivity contribution in [3.05, 3.63) is 42.2 Å². The van der Waals surface area contributed by atoms with Crippen LogP contribution in [0.25, 0.3) is 22.2 Å². The quantitative estimate of drug-likeness (QED) is 0.135. The van der Waals surface area contributed by atoms with E-state index in [9.17, 15) is 23.1 Å². The zero-order valence-electron chi connectivity index (χ0n) is 29.6. The number of aliphatic carboxylic acids is 1. The Hall–Kier alpha value is -3.38. The van der Waals surface area contributed by atoms with Crippen LogP contribution in [0.4, 0.5) is 19.1 Å². The number of nitrogens with one attached hydrogen (secondary N) is 1. The molecule has 1 aliphatic heterocycles. The summed E-state index contributed by atoms with van der Waals surface area (Å²) >= 11 is 0. The van der Waals surface area contributed by atoms with Gasteiger partial charge in [0, 0.05) is 75.2 Å². The molecule has 16 heteroatoms. The summed E-state index contributed by atoms with van der Waals surface area (Å²) in [7, 11) is 0. The lowest BCUT2D eigenvalue weighted by Crippen LogP contribution is -2.46. The lowest BCUT2D eigenvalue weighted by atomic mass is 9.93. The number of aromatic nitrogens is 3. The van der Waals surface area contributed by atoms with Crippen molar-refractivity contribution in [3.63, 3.8) is 0 Å². The van der Waals surface area contributed by atoms with E-state index in [2.05, 4.69) is 60.1 Å². The summed E-state index contributed by atoms with van der Waals surface area (Å²) in [5.74, 6) is -0.826. The Morgan fingerprint density at radius 1 is 0.865 bits per heavy atom. The van der Waals surface area contributed by atoms with Crippen LogP contribution in [0.1, 0.15) is 43.7 Å². The van der Waals surface area contributed by atoms with Gasteiger partial charge in [-0.3, -0.25) is 9.80 Å². The molecule has 3 aromatic rings. The first-order valence-corrected chi connectivity index (χ1v) is 18.1. The van der Waals surface area contributed by atoms with E-state index in [0.29, 0.717) is 58.1 Å². The van der Waals surface area contributed by atoms with Gasteiger partial charge in [0.25, 0.3) is 0 Å². The number of halogens is 3. The van der Waals surface area contributed by atoms with Crippen LogP contribution in [0.3, 0.4) is 0 Å². The molecular formula is C36H51F3N6O7. The number of anilines is 1. The molecule has 2 aromatic heterocycles. The molecule has 3 heterocycles. The van der Waals surface area contributed by atoms with E-state index >= 15 is 0 Å². The molecule has 1 saturated carbocycles. The summed E-state index contributed by atoms with van der Waals surface area (Å²) < 4.78 is 61.7. The number of ether oxygens (including phenoxy) is 4. The minimum Gasteiger partial charge on any atom is -0.480 e. The lowest BCUT2D eigenvalue weighted by Gasteiger charge is -2.34. The molecule has 0 unspecified atom stereocenters. The largest absolute Gasteiger partial charge is 0.480 e. The number of rotatable bonds is 21. The van der Waals surface area contributed by atoms with Gasteiger partial charge in [-0.15, -0.1) is 0 Å². The summed E-state index contributed by atoms with van der Waals surface area (Å²) in [6.07, 6.45) is 1.24. The second kappa shape index (κ2) is 20.2. The molecule has 5 rings (SSSR count). The van der Waals surface area contributed by atoms with Gasteiger partial charge in [0.1, 0.15) is 12.3 Å². The van der Waals surface area contributed by atoms with Gasteiger partial charge in [-0.2, -0.15) is 18.2 Å². The normalized spacial score (nSPS) is 19.0. The van der Waals surface area contributed by atoms with Crippen LogP contribution >= 0.6 is 0 Å². The third kappa shape index (κ3) is 12.9. The van der Waals surface area contributed by atoms with Crippen LogP contribution in [-0.4, -0.2) is 145 Å². The number of carboxylic acid groups (broad SMARTS) is 1. The summed E-state index contributed by atoms with van der Waals surface area (Å²) in [6, 6.07) is 8.65.